The van der Waals surface area contributed by atoms with Crippen LogP contribution in [0.1, 0.15) is 40.0 Å². The van der Waals surface area contributed by atoms with Crippen molar-refractivity contribution < 1.29 is 9.53 Å². The first-order chi connectivity index (χ1) is 8.65. The average molecular weight is 256 g/mol. The first-order valence-corrected chi connectivity index (χ1v) is 6.88. The molecular formula is C14H28N2O2. The van der Waals surface area contributed by atoms with Crippen molar-refractivity contribution in [3.63, 3.8) is 0 Å². The topological polar surface area (TPSA) is 50.4 Å². The fourth-order valence-electron chi connectivity index (χ4n) is 1.53. The molecule has 0 heterocycles. The van der Waals surface area contributed by atoms with Gasteiger partial charge in [0.1, 0.15) is 0 Å². The number of hydrogen-bond donors (Lipinski definition) is 2. The molecule has 0 saturated carbocycles. The van der Waals surface area contributed by atoms with Gasteiger partial charge in [0.05, 0.1) is 19.3 Å². The molecule has 0 aliphatic carbocycles. The molecule has 0 aliphatic rings. The van der Waals surface area contributed by atoms with Crippen molar-refractivity contribution >= 4 is 5.91 Å². The lowest BCUT2D eigenvalue weighted by Gasteiger charge is -2.19. The number of amides is 1. The number of hydrogen-bond acceptors (Lipinski definition) is 3. The Bertz CT molecular complexity index is 228. The summed E-state index contributed by atoms with van der Waals surface area (Å²) in [5, 5.41) is 6.17. The third-order valence-corrected chi connectivity index (χ3v) is 2.89. The van der Waals surface area contributed by atoms with E-state index in [0.717, 1.165) is 19.3 Å². The minimum absolute atomic E-state index is 0.0646. The van der Waals surface area contributed by atoms with E-state index >= 15 is 0 Å². The summed E-state index contributed by atoms with van der Waals surface area (Å²) in [4.78, 5) is 11.8. The summed E-state index contributed by atoms with van der Waals surface area (Å²) in [5.74, 6) is 0.0646. The van der Waals surface area contributed by atoms with Gasteiger partial charge in [-0.3, -0.25) is 4.79 Å². The van der Waals surface area contributed by atoms with Crippen molar-refractivity contribution in [3.8, 4) is 0 Å². The van der Waals surface area contributed by atoms with Crippen LogP contribution in [0.5, 0.6) is 0 Å². The van der Waals surface area contributed by atoms with Crippen molar-refractivity contribution in [2.75, 3.05) is 19.8 Å². The number of ether oxygens (including phenoxy) is 1. The third kappa shape index (κ3) is 8.25. The van der Waals surface area contributed by atoms with Crippen LogP contribution in [0.25, 0.3) is 0 Å². The molecule has 0 radical (unpaired) electrons. The normalized spacial score (nSPS) is 12.4. The lowest BCUT2D eigenvalue weighted by atomic mass is 10.1. The second-order valence-electron chi connectivity index (χ2n) is 4.39. The Morgan fingerprint density at radius 3 is 2.56 bits per heavy atom. The van der Waals surface area contributed by atoms with Gasteiger partial charge in [-0.2, -0.15) is 0 Å². The van der Waals surface area contributed by atoms with Crippen LogP contribution in [0, 0.1) is 0 Å². The van der Waals surface area contributed by atoms with Gasteiger partial charge in [-0.05, 0) is 26.2 Å². The molecule has 0 bridgehead atoms. The number of nitrogens with one attached hydrogen (secondary N) is 2. The van der Waals surface area contributed by atoms with E-state index in [9.17, 15) is 4.79 Å². The summed E-state index contributed by atoms with van der Waals surface area (Å²) in [5.41, 5.74) is 0. The summed E-state index contributed by atoms with van der Waals surface area (Å²) in [6.07, 6.45) is 4.64. The zero-order valence-electron chi connectivity index (χ0n) is 12.0. The Labute approximate surface area is 111 Å². The van der Waals surface area contributed by atoms with Crippen molar-refractivity contribution in [1.82, 2.24) is 10.6 Å². The molecule has 0 saturated heterocycles. The van der Waals surface area contributed by atoms with Crippen LogP contribution in [0.3, 0.4) is 0 Å². The molecule has 0 fully saturated rings. The second kappa shape index (κ2) is 11.2. The van der Waals surface area contributed by atoms with Crippen LogP contribution in [0.15, 0.2) is 12.7 Å². The smallest absolute Gasteiger partial charge is 0.237 e. The van der Waals surface area contributed by atoms with Gasteiger partial charge >= 0.3 is 0 Å². The summed E-state index contributed by atoms with van der Waals surface area (Å²) in [7, 11) is 0. The Morgan fingerprint density at radius 1 is 1.33 bits per heavy atom. The summed E-state index contributed by atoms with van der Waals surface area (Å²) in [6.45, 7) is 11.7. The fraction of sp³-hybridized carbons (Fsp3) is 0.786. The van der Waals surface area contributed by atoms with E-state index in [1.165, 1.54) is 0 Å². The maximum Gasteiger partial charge on any atom is 0.237 e. The second-order valence-corrected chi connectivity index (χ2v) is 4.39. The number of carbonyl (C=O) groups is 1. The summed E-state index contributed by atoms with van der Waals surface area (Å²) >= 11 is 0. The van der Waals surface area contributed by atoms with E-state index in [1.54, 1.807) is 0 Å². The van der Waals surface area contributed by atoms with E-state index < -0.39 is 0 Å². The molecule has 106 valence electrons. The van der Waals surface area contributed by atoms with E-state index in [2.05, 4.69) is 31.1 Å². The maximum atomic E-state index is 11.8. The Balaban J connectivity index is 3.64. The molecule has 0 rings (SSSR count). The van der Waals surface area contributed by atoms with Gasteiger partial charge < -0.3 is 15.4 Å². The molecule has 18 heavy (non-hydrogen) atoms. The van der Waals surface area contributed by atoms with Crippen molar-refractivity contribution in [1.29, 1.82) is 0 Å². The predicted molar refractivity (Wildman–Crippen MR) is 75.6 cm³/mol. The molecule has 0 aromatic heterocycles. The van der Waals surface area contributed by atoms with E-state index in [4.69, 9.17) is 4.74 Å². The van der Waals surface area contributed by atoms with Crippen LogP contribution in [-0.2, 0) is 9.53 Å². The van der Waals surface area contributed by atoms with Crippen molar-refractivity contribution in [2.45, 2.75) is 52.1 Å². The van der Waals surface area contributed by atoms with Gasteiger partial charge in [-0.1, -0.05) is 19.9 Å². The van der Waals surface area contributed by atoms with Crippen molar-refractivity contribution in [3.05, 3.63) is 12.7 Å². The highest BCUT2D eigenvalue weighted by molar-refractivity contribution is 5.81. The standard InChI is InChI=1S/C14H28N2O2/c1-5-8-10-18-11-9-15-12(4)14(17)16-13(6-2)7-3/h5,12-13,15H,1,6-11H2,2-4H3,(H,16,17). The van der Waals surface area contributed by atoms with E-state index in [-0.39, 0.29) is 18.0 Å². The zero-order chi connectivity index (χ0) is 13.8. The molecule has 1 atom stereocenters. The largest absolute Gasteiger partial charge is 0.380 e. The maximum absolute atomic E-state index is 11.8. The summed E-state index contributed by atoms with van der Waals surface area (Å²) < 4.78 is 5.36. The van der Waals surface area contributed by atoms with E-state index in [1.807, 2.05) is 13.0 Å². The highest BCUT2D eigenvalue weighted by Crippen LogP contribution is 1.96. The Hall–Kier alpha value is -0.870. The monoisotopic (exact) mass is 256 g/mol. The Morgan fingerprint density at radius 2 is 2.00 bits per heavy atom. The highest BCUT2D eigenvalue weighted by atomic mass is 16.5. The third-order valence-electron chi connectivity index (χ3n) is 2.89. The highest BCUT2D eigenvalue weighted by Gasteiger charge is 2.14. The lowest BCUT2D eigenvalue weighted by Crippen LogP contribution is -2.46. The first-order valence-electron chi connectivity index (χ1n) is 6.88. The number of rotatable bonds is 11. The number of carbonyl (C=O) groups excluding carboxylic acids is 1. The van der Waals surface area contributed by atoms with Gasteiger partial charge in [0.2, 0.25) is 5.91 Å². The van der Waals surface area contributed by atoms with Crippen LogP contribution < -0.4 is 10.6 Å². The van der Waals surface area contributed by atoms with Gasteiger partial charge in [-0.15, -0.1) is 6.58 Å². The minimum Gasteiger partial charge on any atom is -0.380 e. The van der Waals surface area contributed by atoms with Gasteiger partial charge in [0, 0.05) is 12.6 Å². The fourth-order valence-corrected chi connectivity index (χ4v) is 1.53. The van der Waals surface area contributed by atoms with Crippen LogP contribution in [-0.4, -0.2) is 37.7 Å². The zero-order valence-corrected chi connectivity index (χ0v) is 12.0. The first kappa shape index (κ1) is 17.1. The van der Waals surface area contributed by atoms with Crippen molar-refractivity contribution in [2.24, 2.45) is 0 Å². The molecule has 1 amide bonds. The molecule has 1 unspecified atom stereocenters. The molecule has 4 nitrogen and oxygen atoms in total. The van der Waals surface area contributed by atoms with Crippen LogP contribution >= 0.6 is 0 Å². The predicted octanol–water partition coefficient (Wildman–Crippen LogP) is 1.86. The molecule has 0 spiro atoms. The summed E-state index contributed by atoms with van der Waals surface area (Å²) in [6, 6.07) is 0.110. The average Bonchev–Trinajstić information content (AvgIpc) is 2.39. The van der Waals surface area contributed by atoms with Gasteiger partial charge in [0.25, 0.3) is 0 Å². The molecular weight excluding hydrogens is 228 g/mol. The van der Waals surface area contributed by atoms with Gasteiger partial charge in [-0.25, -0.2) is 0 Å². The molecule has 0 aliphatic heterocycles. The molecule has 0 aromatic rings. The molecule has 0 aromatic carbocycles. The van der Waals surface area contributed by atoms with E-state index in [0.29, 0.717) is 19.8 Å². The molecule has 2 N–H and O–H groups in total. The molecule has 4 heteroatoms. The van der Waals surface area contributed by atoms with Gasteiger partial charge in [0.15, 0.2) is 0 Å². The Kier molecular flexibility index (Phi) is 10.7. The lowest BCUT2D eigenvalue weighted by molar-refractivity contribution is -0.123. The van der Waals surface area contributed by atoms with Crippen LogP contribution in [0.2, 0.25) is 0 Å². The van der Waals surface area contributed by atoms with Crippen LogP contribution in [0.4, 0.5) is 0 Å². The quantitative estimate of drug-likeness (QED) is 0.438. The minimum atomic E-state index is -0.173. The SMILES string of the molecule is C=CCCOCCNC(C)C(=O)NC(CC)CC.